The smallest absolute Gasteiger partial charge is 0.269 e. The Morgan fingerprint density at radius 2 is 1.68 bits per heavy atom. The number of pyridine rings is 1. The molecule has 160 valence electrons. The molecule has 0 radical (unpaired) electrons. The molecule has 0 bridgehead atoms. The maximum atomic E-state index is 12.2. The van der Waals surface area contributed by atoms with Crippen LogP contribution >= 0.6 is 0 Å². The van der Waals surface area contributed by atoms with E-state index in [1.807, 2.05) is 12.1 Å². The van der Waals surface area contributed by atoms with Gasteiger partial charge in [0.05, 0.1) is 7.11 Å². The number of piperazine rings is 1. The number of amides is 1. The lowest BCUT2D eigenvalue weighted by Crippen LogP contribution is -2.47. The van der Waals surface area contributed by atoms with Crippen molar-refractivity contribution >= 4 is 28.9 Å². The third-order valence-electron chi connectivity index (χ3n) is 5.12. The summed E-state index contributed by atoms with van der Waals surface area (Å²) in [6, 6.07) is 11.3. The molecule has 0 unspecified atom stereocenters. The van der Waals surface area contributed by atoms with Crippen molar-refractivity contribution in [1.29, 1.82) is 0 Å². The summed E-state index contributed by atoms with van der Waals surface area (Å²) in [5, 5.41) is 0. The Bertz CT molecular complexity index is 1020. The van der Waals surface area contributed by atoms with Crippen molar-refractivity contribution in [3.8, 4) is 5.75 Å². The summed E-state index contributed by atoms with van der Waals surface area (Å²) in [6.07, 6.45) is 4.54. The van der Waals surface area contributed by atoms with Gasteiger partial charge in [-0.05, 0) is 36.4 Å². The quantitative estimate of drug-likeness (QED) is 0.510. The van der Waals surface area contributed by atoms with Crippen LogP contribution in [0.5, 0.6) is 5.75 Å². The van der Waals surface area contributed by atoms with Crippen molar-refractivity contribution < 1.29 is 9.53 Å². The van der Waals surface area contributed by atoms with E-state index in [1.165, 1.54) is 6.33 Å². The molecular weight excluding hydrogens is 396 g/mol. The molecule has 4 N–H and O–H groups in total. The third-order valence-corrected chi connectivity index (χ3v) is 5.12. The molecule has 1 saturated heterocycles. The average molecular weight is 420 g/mol. The standard InChI is InChI=1S/C21H24N8O2/c1-31-17-4-2-16(3-5-17)28-10-12-29(13-11-28)20-18(22)19(24-14-25-20)26-27-21(30)15-6-8-23-9-7-15/h2-9,14H,10-13,22H2,1H3,(H,27,30)(H,24,25,26). The maximum absolute atomic E-state index is 12.2. The molecular formula is C21H24N8O2. The average Bonchev–Trinajstić information content (AvgIpc) is 2.84. The van der Waals surface area contributed by atoms with E-state index < -0.39 is 0 Å². The number of nitrogens with zero attached hydrogens (tertiary/aromatic N) is 5. The summed E-state index contributed by atoms with van der Waals surface area (Å²) in [6.45, 7) is 3.18. The molecule has 1 amide bonds. The minimum absolute atomic E-state index is 0.310. The van der Waals surface area contributed by atoms with Crippen molar-refractivity contribution in [3.63, 3.8) is 0 Å². The molecule has 0 atom stereocenters. The number of anilines is 4. The zero-order valence-corrected chi connectivity index (χ0v) is 17.2. The molecule has 1 aromatic carbocycles. The van der Waals surface area contributed by atoms with Gasteiger partial charge in [0, 0.05) is 49.8 Å². The number of hydrogen-bond acceptors (Lipinski definition) is 9. The number of benzene rings is 1. The Kier molecular flexibility index (Phi) is 5.97. The first-order valence-corrected chi connectivity index (χ1v) is 9.86. The highest BCUT2D eigenvalue weighted by molar-refractivity contribution is 5.95. The molecule has 1 aliphatic heterocycles. The lowest BCUT2D eigenvalue weighted by Gasteiger charge is -2.37. The molecule has 0 aliphatic carbocycles. The Morgan fingerprint density at radius 3 is 2.35 bits per heavy atom. The zero-order chi connectivity index (χ0) is 21.6. The van der Waals surface area contributed by atoms with Crippen LogP contribution in [0, 0.1) is 0 Å². The van der Waals surface area contributed by atoms with Gasteiger partial charge in [0.1, 0.15) is 17.8 Å². The second-order valence-electron chi connectivity index (χ2n) is 6.95. The second kappa shape index (κ2) is 9.16. The van der Waals surface area contributed by atoms with Gasteiger partial charge in [0.25, 0.3) is 5.91 Å². The number of rotatable bonds is 6. The highest BCUT2D eigenvalue weighted by atomic mass is 16.5. The minimum Gasteiger partial charge on any atom is -0.497 e. The molecule has 10 nitrogen and oxygen atoms in total. The van der Waals surface area contributed by atoms with Gasteiger partial charge in [-0.3, -0.25) is 20.6 Å². The van der Waals surface area contributed by atoms with Gasteiger partial charge in [0.15, 0.2) is 11.6 Å². The first kappa shape index (κ1) is 20.2. The molecule has 0 saturated carbocycles. The molecule has 2 aromatic heterocycles. The fourth-order valence-corrected chi connectivity index (χ4v) is 3.40. The SMILES string of the molecule is COc1ccc(N2CCN(c3ncnc(NNC(=O)c4ccncc4)c3N)CC2)cc1. The van der Waals surface area contributed by atoms with Crippen molar-refractivity contribution in [1.82, 2.24) is 20.4 Å². The van der Waals surface area contributed by atoms with E-state index in [9.17, 15) is 4.79 Å². The lowest BCUT2D eigenvalue weighted by atomic mass is 10.2. The Labute approximate surface area is 180 Å². The van der Waals surface area contributed by atoms with E-state index in [1.54, 1.807) is 31.6 Å². The van der Waals surface area contributed by atoms with Gasteiger partial charge in [0.2, 0.25) is 0 Å². The number of nitrogens with two attached hydrogens (primary N) is 1. The number of carbonyl (C=O) groups excluding carboxylic acids is 1. The Morgan fingerprint density at radius 1 is 1.00 bits per heavy atom. The molecule has 4 rings (SSSR count). The third kappa shape index (κ3) is 4.58. The van der Waals surface area contributed by atoms with Gasteiger partial charge in [-0.25, -0.2) is 9.97 Å². The van der Waals surface area contributed by atoms with Crippen LogP contribution < -0.4 is 31.1 Å². The molecule has 31 heavy (non-hydrogen) atoms. The lowest BCUT2D eigenvalue weighted by molar-refractivity contribution is 0.0962. The number of methoxy groups -OCH3 is 1. The largest absolute Gasteiger partial charge is 0.497 e. The van der Waals surface area contributed by atoms with E-state index in [-0.39, 0.29) is 5.91 Å². The maximum Gasteiger partial charge on any atom is 0.269 e. The fraction of sp³-hybridized carbons (Fsp3) is 0.238. The van der Waals surface area contributed by atoms with Crippen molar-refractivity contribution in [2.75, 3.05) is 54.2 Å². The van der Waals surface area contributed by atoms with Gasteiger partial charge in [-0.2, -0.15) is 0 Å². The normalized spacial score (nSPS) is 13.6. The number of hydrazine groups is 1. The highest BCUT2D eigenvalue weighted by Crippen LogP contribution is 2.28. The first-order valence-electron chi connectivity index (χ1n) is 9.86. The molecule has 3 heterocycles. The van der Waals surface area contributed by atoms with Crippen molar-refractivity contribution in [3.05, 3.63) is 60.7 Å². The van der Waals surface area contributed by atoms with Crippen molar-refractivity contribution in [2.24, 2.45) is 0 Å². The van der Waals surface area contributed by atoms with Crippen LogP contribution in [0.1, 0.15) is 10.4 Å². The van der Waals surface area contributed by atoms with Gasteiger partial charge in [-0.15, -0.1) is 0 Å². The molecule has 1 fully saturated rings. The number of nitrogen functional groups attached to an aromatic ring is 1. The van der Waals surface area contributed by atoms with Crippen LogP contribution in [-0.2, 0) is 0 Å². The first-order chi connectivity index (χ1) is 15.2. The Hall–Kier alpha value is -4.08. The van der Waals surface area contributed by atoms with Crippen LogP contribution in [0.4, 0.5) is 23.0 Å². The number of carbonyl (C=O) groups is 1. The van der Waals surface area contributed by atoms with Gasteiger partial charge in [-0.1, -0.05) is 0 Å². The van der Waals surface area contributed by atoms with E-state index in [0.717, 1.165) is 37.6 Å². The van der Waals surface area contributed by atoms with E-state index >= 15 is 0 Å². The summed E-state index contributed by atoms with van der Waals surface area (Å²) >= 11 is 0. The van der Waals surface area contributed by atoms with Crippen molar-refractivity contribution in [2.45, 2.75) is 0 Å². The fourth-order valence-electron chi connectivity index (χ4n) is 3.40. The predicted molar refractivity (Wildman–Crippen MR) is 119 cm³/mol. The highest BCUT2D eigenvalue weighted by Gasteiger charge is 2.21. The van der Waals surface area contributed by atoms with Gasteiger partial charge < -0.3 is 20.3 Å². The van der Waals surface area contributed by atoms with Crippen LogP contribution in [0.25, 0.3) is 0 Å². The van der Waals surface area contributed by atoms with Crippen LogP contribution in [-0.4, -0.2) is 54.1 Å². The van der Waals surface area contributed by atoms with Crippen LogP contribution in [0.3, 0.4) is 0 Å². The summed E-state index contributed by atoms with van der Waals surface area (Å²) in [5.74, 6) is 1.53. The topological polar surface area (TPSA) is 122 Å². The summed E-state index contributed by atoms with van der Waals surface area (Å²) in [4.78, 5) is 29.1. The number of hydrogen-bond donors (Lipinski definition) is 3. The molecule has 1 aliphatic rings. The van der Waals surface area contributed by atoms with Gasteiger partial charge >= 0.3 is 0 Å². The number of ether oxygens (including phenoxy) is 1. The van der Waals surface area contributed by atoms with Crippen LogP contribution in [0.2, 0.25) is 0 Å². The van der Waals surface area contributed by atoms with Crippen LogP contribution in [0.15, 0.2) is 55.1 Å². The molecule has 0 spiro atoms. The summed E-state index contributed by atoms with van der Waals surface area (Å²) in [5.41, 5.74) is 13.7. The predicted octanol–water partition coefficient (Wildman–Crippen LogP) is 1.55. The van der Waals surface area contributed by atoms with E-state index in [4.69, 9.17) is 10.5 Å². The zero-order valence-electron chi connectivity index (χ0n) is 17.2. The second-order valence-corrected chi connectivity index (χ2v) is 6.95. The monoisotopic (exact) mass is 420 g/mol. The number of nitrogens with one attached hydrogen (secondary N) is 2. The minimum atomic E-state index is -0.310. The van der Waals surface area contributed by atoms with E-state index in [0.29, 0.717) is 22.9 Å². The number of aromatic nitrogens is 3. The Balaban J connectivity index is 1.38. The molecule has 10 heteroatoms. The summed E-state index contributed by atoms with van der Waals surface area (Å²) < 4.78 is 5.23. The molecule has 3 aromatic rings. The summed E-state index contributed by atoms with van der Waals surface area (Å²) in [7, 11) is 1.66. The van der Waals surface area contributed by atoms with E-state index in [2.05, 4.69) is 47.7 Å².